The molecule has 1 aliphatic rings. The van der Waals surface area contributed by atoms with Crippen LogP contribution >= 0.6 is 0 Å². The molecule has 0 unspecified atom stereocenters. The first-order valence-corrected chi connectivity index (χ1v) is 9.99. The quantitative estimate of drug-likeness (QED) is 0.681. The Morgan fingerprint density at radius 1 is 1.17 bits per heavy atom. The Bertz CT molecular complexity index is 825. The molecule has 2 aromatic carbocycles. The summed E-state index contributed by atoms with van der Waals surface area (Å²) < 4.78 is 5.32. The molecule has 6 heteroatoms. The van der Waals surface area contributed by atoms with Gasteiger partial charge in [-0.25, -0.2) is 0 Å². The Labute approximate surface area is 171 Å². The molecular weight excluding hydrogens is 368 g/mol. The maximum atomic E-state index is 12.8. The van der Waals surface area contributed by atoms with E-state index in [2.05, 4.69) is 22.3 Å². The van der Waals surface area contributed by atoms with Gasteiger partial charge in [-0.3, -0.25) is 14.5 Å². The van der Waals surface area contributed by atoms with Gasteiger partial charge in [-0.1, -0.05) is 48.5 Å². The molecule has 0 bridgehead atoms. The summed E-state index contributed by atoms with van der Waals surface area (Å²) >= 11 is 0. The molecule has 2 aromatic rings. The van der Waals surface area contributed by atoms with Crippen LogP contribution in [0.1, 0.15) is 24.0 Å². The number of nitrogens with zero attached hydrogens (tertiary/aromatic N) is 1. The molecule has 154 valence electrons. The lowest BCUT2D eigenvalue weighted by molar-refractivity contribution is -0.141. The third-order valence-corrected chi connectivity index (χ3v) is 5.43. The van der Waals surface area contributed by atoms with E-state index in [0.29, 0.717) is 12.2 Å². The Balaban J connectivity index is 1.59. The van der Waals surface area contributed by atoms with E-state index in [0.717, 1.165) is 31.5 Å². The molecule has 3 rings (SSSR count). The van der Waals surface area contributed by atoms with Gasteiger partial charge in [0.2, 0.25) is 5.91 Å². The fraction of sp³-hybridized carbons (Fsp3) is 0.391. The van der Waals surface area contributed by atoms with Crippen LogP contribution in [0.5, 0.6) is 5.75 Å². The average molecular weight is 396 g/mol. The van der Waals surface area contributed by atoms with Crippen molar-refractivity contribution in [3.8, 4) is 5.75 Å². The van der Waals surface area contributed by atoms with Crippen molar-refractivity contribution >= 4 is 11.9 Å². The van der Waals surface area contributed by atoms with Gasteiger partial charge in [0.15, 0.2) is 0 Å². The number of rotatable bonds is 9. The molecule has 2 N–H and O–H groups in total. The first-order chi connectivity index (χ1) is 14.1. The summed E-state index contributed by atoms with van der Waals surface area (Å²) in [4.78, 5) is 26.7. The van der Waals surface area contributed by atoms with E-state index < -0.39 is 11.9 Å². The number of carbonyl (C=O) groups is 2. The molecule has 29 heavy (non-hydrogen) atoms. The van der Waals surface area contributed by atoms with E-state index in [-0.39, 0.29) is 18.5 Å². The maximum absolute atomic E-state index is 12.8. The molecule has 1 saturated heterocycles. The monoisotopic (exact) mass is 396 g/mol. The van der Waals surface area contributed by atoms with E-state index >= 15 is 0 Å². The van der Waals surface area contributed by atoms with E-state index in [4.69, 9.17) is 4.74 Å². The summed E-state index contributed by atoms with van der Waals surface area (Å²) in [6, 6.07) is 17.2. The number of carbonyl (C=O) groups excluding carboxylic acids is 1. The summed E-state index contributed by atoms with van der Waals surface area (Å²) in [7, 11) is 1.57. The van der Waals surface area contributed by atoms with Gasteiger partial charge < -0.3 is 15.2 Å². The number of carboxylic acids is 1. The molecule has 0 saturated carbocycles. The molecule has 1 fully saturated rings. The summed E-state index contributed by atoms with van der Waals surface area (Å²) in [6.45, 7) is 1.70. The number of benzene rings is 2. The molecule has 0 spiro atoms. The largest absolute Gasteiger partial charge is 0.496 e. The average Bonchev–Trinajstić information content (AvgIpc) is 3.19. The van der Waals surface area contributed by atoms with Crippen LogP contribution in [0.4, 0.5) is 0 Å². The van der Waals surface area contributed by atoms with Gasteiger partial charge in [0, 0.05) is 13.1 Å². The molecule has 6 nitrogen and oxygen atoms in total. The summed E-state index contributed by atoms with van der Waals surface area (Å²) in [5.41, 5.74) is 2.00. The topological polar surface area (TPSA) is 78.9 Å². The van der Waals surface area contributed by atoms with Gasteiger partial charge in [0.25, 0.3) is 0 Å². The van der Waals surface area contributed by atoms with Gasteiger partial charge in [0.1, 0.15) is 5.75 Å². The zero-order valence-electron chi connectivity index (χ0n) is 16.7. The SMILES string of the molecule is COc1ccccc1C[C@H](CNC(=O)[C@@H]1CCCN1Cc1ccccc1)C(=O)O. The van der Waals surface area contributed by atoms with Crippen LogP contribution < -0.4 is 10.1 Å². The zero-order chi connectivity index (χ0) is 20.6. The first kappa shape index (κ1) is 20.9. The Kier molecular flexibility index (Phi) is 7.25. The predicted molar refractivity (Wildman–Crippen MR) is 111 cm³/mol. The molecular formula is C23H28N2O4. The number of hydrogen-bond acceptors (Lipinski definition) is 4. The Morgan fingerprint density at radius 2 is 1.90 bits per heavy atom. The number of hydrogen-bond donors (Lipinski definition) is 2. The van der Waals surface area contributed by atoms with Crippen LogP contribution in [0.3, 0.4) is 0 Å². The number of ether oxygens (including phenoxy) is 1. The molecule has 0 aromatic heterocycles. The summed E-state index contributed by atoms with van der Waals surface area (Å²) in [6.07, 6.45) is 2.06. The minimum atomic E-state index is -0.927. The standard InChI is InChI=1S/C23H28N2O4/c1-29-21-12-6-5-10-18(21)14-19(23(27)28)15-24-22(26)20-11-7-13-25(20)16-17-8-3-2-4-9-17/h2-6,8-10,12,19-20H,7,11,13-16H2,1H3,(H,24,26)(H,27,28)/t19-,20+/m1/s1. The van der Waals surface area contributed by atoms with Crippen molar-refractivity contribution in [3.63, 3.8) is 0 Å². The van der Waals surface area contributed by atoms with Crippen LogP contribution in [0.15, 0.2) is 54.6 Å². The minimum absolute atomic E-state index is 0.0929. The number of aliphatic carboxylic acids is 1. The van der Waals surface area contributed by atoms with Gasteiger partial charge in [-0.2, -0.15) is 0 Å². The second kappa shape index (κ2) is 10.1. The van der Waals surface area contributed by atoms with E-state index in [9.17, 15) is 14.7 Å². The number of methoxy groups -OCH3 is 1. The Morgan fingerprint density at radius 3 is 2.62 bits per heavy atom. The van der Waals surface area contributed by atoms with Crippen molar-refractivity contribution in [2.75, 3.05) is 20.2 Å². The lowest BCUT2D eigenvalue weighted by Gasteiger charge is -2.24. The fourth-order valence-corrected chi connectivity index (χ4v) is 3.86. The molecule has 1 heterocycles. The van der Waals surface area contributed by atoms with Crippen molar-refractivity contribution in [2.45, 2.75) is 31.8 Å². The van der Waals surface area contributed by atoms with Gasteiger partial charge in [-0.05, 0) is 43.0 Å². The fourth-order valence-electron chi connectivity index (χ4n) is 3.86. The van der Waals surface area contributed by atoms with E-state index in [1.54, 1.807) is 7.11 Å². The second-order valence-electron chi connectivity index (χ2n) is 7.41. The van der Waals surface area contributed by atoms with Crippen LogP contribution in [-0.4, -0.2) is 48.1 Å². The smallest absolute Gasteiger partial charge is 0.308 e. The molecule has 0 radical (unpaired) electrons. The van der Waals surface area contributed by atoms with Crippen molar-refractivity contribution in [2.24, 2.45) is 5.92 Å². The number of para-hydroxylation sites is 1. The number of likely N-dealkylation sites (tertiary alicyclic amines) is 1. The van der Waals surface area contributed by atoms with Gasteiger partial charge >= 0.3 is 5.97 Å². The number of amides is 1. The highest BCUT2D eigenvalue weighted by atomic mass is 16.5. The van der Waals surface area contributed by atoms with Crippen LogP contribution in [-0.2, 0) is 22.6 Å². The van der Waals surface area contributed by atoms with Crippen LogP contribution in [0, 0.1) is 5.92 Å². The third-order valence-electron chi connectivity index (χ3n) is 5.43. The van der Waals surface area contributed by atoms with Crippen molar-refractivity contribution in [1.29, 1.82) is 0 Å². The van der Waals surface area contributed by atoms with Gasteiger partial charge in [0.05, 0.1) is 19.1 Å². The van der Waals surface area contributed by atoms with Crippen LogP contribution in [0.2, 0.25) is 0 Å². The van der Waals surface area contributed by atoms with Gasteiger partial charge in [-0.15, -0.1) is 0 Å². The molecule has 2 atom stereocenters. The van der Waals surface area contributed by atoms with Crippen LogP contribution in [0.25, 0.3) is 0 Å². The van der Waals surface area contributed by atoms with Crippen molar-refractivity contribution in [1.82, 2.24) is 10.2 Å². The zero-order valence-corrected chi connectivity index (χ0v) is 16.7. The second-order valence-corrected chi connectivity index (χ2v) is 7.41. The predicted octanol–water partition coefficient (Wildman–Crippen LogP) is 2.72. The third kappa shape index (κ3) is 5.57. The maximum Gasteiger partial charge on any atom is 0.308 e. The number of carboxylic acid groups (broad SMARTS) is 1. The summed E-state index contributed by atoms with van der Waals surface area (Å²) in [5.74, 6) is -1.07. The molecule has 0 aliphatic carbocycles. The first-order valence-electron chi connectivity index (χ1n) is 9.99. The van der Waals surface area contributed by atoms with Crippen molar-refractivity contribution < 1.29 is 19.4 Å². The number of nitrogens with one attached hydrogen (secondary N) is 1. The normalized spacial score (nSPS) is 17.6. The Hall–Kier alpha value is -2.86. The minimum Gasteiger partial charge on any atom is -0.496 e. The lowest BCUT2D eigenvalue weighted by atomic mass is 9.98. The highest BCUT2D eigenvalue weighted by molar-refractivity contribution is 5.82. The summed E-state index contributed by atoms with van der Waals surface area (Å²) in [5, 5.41) is 12.5. The lowest BCUT2D eigenvalue weighted by Crippen LogP contribution is -2.45. The van der Waals surface area contributed by atoms with E-state index in [1.807, 2.05) is 42.5 Å². The highest BCUT2D eigenvalue weighted by Gasteiger charge is 2.31. The highest BCUT2D eigenvalue weighted by Crippen LogP contribution is 2.22. The molecule has 1 aliphatic heterocycles. The molecule has 1 amide bonds. The van der Waals surface area contributed by atoms with E-state index in [1.165, 1.54) is 5.56 Å². The van der Waals surface area contributed by atoms with Crippen molar-refractivity contribution in [3.05, 3.63) is 65.7 Å².